The molecular weight excluding hydrogens is 216 g/mol. The van der Waals surface area contributed by atoms with E-state index in [0.717, 1.165) is 17.8 Å². The maximum absolute atomic E-state index is 9.49. The van der Waals surface area contributed by atoms with Crippen molar-refractivity contribution in [1.29, 1.82) is 0 Å². The molecule has 1 aliphatic rings. The Bertz CT molecular complexity index is 216. The molecule has 0 amide bonds. The smallest absolute Gasteiger partial charge is 0.450 e. The van der Waals surface area contributed by atoms with Crippen molar-refractivity contribution in [3.8, 4) is 0 Å². The predicted molar refractivity (Wildman–Crippen MR) is 70.1 cm³/mol. The summed E-state index contributed by atoms with van der Waals surface area (Å²) in [4.78, 5) is 9.49. The summed E-state index contributed by atoms with van der Waals surface area (Å²) in [5, 5.41) is 7.77. The van der Waals surface area contributed by atoms with Crippen LogP contribution in [0.5, 0.6) is 0 Å². The van der Waals surface area contributed by atoms with Gasteiger partial charge in [-0.25, -0.2) is 4.79 Å². The van der Waals surface area contributed by atoms with E-state index in [9.17, 15) is 4.79 Å². The number of rotatable bonds is 3. The fraction of sp³-hybridized carbons (Fsp3) is 0.786. The van der Waals surface area contributed by atoms with Gasteiger partial charge in [0.1, 0.15) is 6.61 Å². The van der Waals surface area contributed by atoms with Crippen LogP contribution in [0.25, 0.3) is 0 Å². The van der Waals surface area contributed by atoms with Crippen LogP contribution in [-0.2, 0) is 4.74 Å². The molecule has 3 heteroatoms. The van der Waals surface area contributed by atoms with Crippen LogP contribution in [0.3, 0.4) is 0 Å². The van der Waals surface area contributed by atoms with E-state index in [1.807, 2.05) is 0 Å². The SMILES string of the molecule is C=CCOC(=O)O.CC1CCC(C(C)C)CC1. The third kappa shape index (κ3) is 8.78. The maximum Gasteiger partial charge on any atom is 0.506 e. The molecule has 0 spiro atoms. The van der Waals surface area contributed by atoms with Crippen molar-refractivity contribution >= 4 is 6.16 Å². The van der Waals surface area contributed by atoms with E-state index >= 15 is 0 Å². The van der Waals surface area contributed by atoms with Gasteiger partial charge < -0.3 is 9.84 Å². The topological polar surface area (TPSA) is 46.5 Å². The fourth-order valence-corrected chi connectivity index (χ4v) is 2.08. The lowest BCUT2D eigenvalue weighted by Crippen LogP contribution is -2.16. The molecule has 0 bridgehead atoms. The molecule has 1 fully saturated rings. The minimum Gasteiger partial charge on any atom is -0.450 e. The molecule has 1 saturated carbocycles. The number of carbonyl (C=O) groups is 1. The number of hydrogen-bond acceptors (Lipinski definition) is 2. The summed E-state index contributed by atoms with van der Waals surface area (Å²) in [6.45, 7) is 10.4. The minimum atomic E-state index is -1.26. The Labute approximate surface area is 105 Å². The van der Waals surface area contributed by atoms with Crippen LogP contribution in [0.1, 0.15) is 46.5 Å². The van der Waals surface area contributed by atoms with E-state index in [0.29, 0.717) is 0 Å². The highest BCUT2D eigenvalue weighted by Crippen LogP contribution is 2.32. The Morgan fingerprint density at radius 2 is 1.94 bits per heavy atom. The van der Waals surface area contributed by atoms with Crippen molar-refractivity contribution < 1.29 is 14.6 Å². The average Bonchev–Trinajstić information content (AvgIpc) is 2.27. The van der Waals surface area contributed by atoms with Crippen LogP contribution in [-0.4, -0.2) is 17.9 Å². The number of carboxylic acid groups (broad SMARTS) is 1. The van der Waals surface area contributed by atoms with E-state index in [-0.39, 0.29) is 6.61 Å². The first-order chi connectivity index (χ1) is 7.97. The number of ether oxygens (including phenoxy) is 1. The molecule has 0 aliphatic heterocycles. The lowest BCUT2D eigenvalue weighted by molar-refractivity contribution is 0.102. The third-order valence-electron chi connectivity index (χ3n) is 3.33. The molecule has 0 aromatic carbocycles. The van der Waals surface area contributed by atoms with Crippen LogP contribution in [0.2, 0.25) is 0 Å². The molecule has 0 radical (unpaired) electrons. The molecule has 0 atom stereocenters. The Hall–Kier alpha value is -0.990. The molecule has 17 heavy (non-hydrogen) atoms. The second kappa shape index (κ2) is 9.08. The second-order valence-corrected chi connectivity index (χ2v) is 5.13. The van der Waals surface area contributed by atoms with Gasteiger partial charge in [0.05, 0.1) is 0 Å². The van der Waals surface area contributed by atoms with Crippen molar-refractivity contribution in [2.24, 2.45) is 17.8 Å². The van der Waals surface area contributed by atoms with E-state index in [1.165, 1.54) is 31.8 Å². The normalized spacial score (nSPS) is 23.5. The van der Waals surface area contributed by atoms with Crippen LogP contribution in [0, 0.1) is 17.8 Å². The van der Waals surface area contributed by atoms with Gasteiger partial charge in [0.15, 0.2) is 0 Å². The van der Waals surface area contributed by atoms with Crippen molar-refractivity contribution in [3.63, 3.8) is 0 Å². The van der Waals surface area contributed by atoms with Gasteiger partial charge in [-0.3, -0.25) is 0 Å². The van der Waals surface area contributed by atoms with Gasteiger partial charge in [0.2, 0.25) is 0 Å². The van der Waals surface area contributed by atoms with Crippen molar-refractivity contribution in [2.75, 3.05) is 6.61 Å². The zero-order valence-electron chi connectivity index (χ0n) is 11.3. The summed E-state index contributed by atoms with van der Waals surface area (Å²) >= 11 is 0. The van der Waals surface area contributed by atoms with Gasteiger partial charge in [-0.15, -0.1) is 0 Å². The van der Waals surface area contributed by atoms with Crippen LogP contribution in [0.4, 0.5) is 4.79 Å². The molecule has 100 valence electrons. The molecule has 1 aliphatic carbocycles. The average molecular weight is 242 g/mol. The van der Waals surface area contributed by atoms with E-state index < -0.39 is 6.16 Å². The lowest BCUT2D eigenvalue weighted by atomic mass is 9.78. The molecule has 1 rings (SSSR count). The summed E-state index contributed by atoms with van der Waals surface area (Å²) in [6, 6.07) is 0. The zero-order valence-corrected chi connectivity index (χ0v) is 11.3. The maximum atomic E-state index is 9.49. The molecule has 0 unspecified atom stereocenters. The van der Waals surface area contributed by atoms with Gasteiger partial charge in [-0.05, 0) is 30.6 Å². The van der Waals surface area contributed by atoms with Gasteiger partial charge >= 0.3 is 6.16 Å². The van der Waals surface area contributed by atoms with E-state index in [1.54, 1.807) is 0 Å². The van der Waals surface area contributed by atoms with Crippen molar-refractivity contribution in [3.05, 3.63) is 12.7 Å². The summed E-state index contributed by atoms with van der Waals surface area (Å²) < 4.78 is 3.99. The minimum absolute atomic E-state index is 0.0648. The molecule has 1 N–H and O–H groups in total. The van der Waals surface area contributed by atoms with Gasteiger partial charge in [-0.1, -0.05) is 46.3 Å². The van der Waals surface area contributed by atoms with E-state index in [4.69, 9.17) is 5.11 Å². The van der Waals surface area contributed by atoms with Crippen LogP contribution in [0.15, 0.2) is 12.7 Å². The Balaban J connectivity index is 0.000000325. The molecule has 0 heterocycles. The Morgan fingerprint density at radius 1 is 1.41 bits per heavy atom. The van der Waals surface area contributed by atoms with Crippen LogP contribution >= 0.6 is 0 Å². The quantitative estimate of drug-likeness (QED) is 0.591. The fourth-order valence-electron chi connectivity index (χ4n) is 2.08. The zero-order chi connectivity index (χ0) is 13.3. The largest absolute Gasteiger partial charge is 0.506 e. The van der Waals surface area contributed by atoms with Gasteiger partial charge in [0, 0.05) is 0 Å². The third-order valence-corrected chi connectivity index (χ3v) is 3.33. The Kier molecular flexibility index (Phi) is 8.55. The highest BCUT2D eigenvalue weighted by atomic mass is 16.7. The highest BCUT2D eigenvalue weighted by molar-refractivity contribution is 5.56. The number of hydrogen-bond donors (Lipinski definition) is 1. The van der Waals surface area contributed by atoms with Gasteiger partial charge in [0.25, 0.3) is 0 Å². The summed E-state index contributed by atoms with van der Waals surface area (Å²) in [5.41, 5.74) is 0. The first-order valence-corrected chi connectivity index (χ1v) is 6.44. The second-order valence-electron chi connectivity index (χ2n) is 5.13. The highest BCUT2D eigenvalue weighted by Gasteiger charge is 2.19. The lowest BCUT2D eigenvalue weighted by Gasteiger charge is -2.28. The van der Waals surface area contributed by atoms with Gasteiger partial charge in [-0.2, -0.15) is 0 Å². The molecule has 0 aromatic rings. The Morgan fingerprint density at radius 3 is 2.24 bits per heavy atom. The summed E-state index contributed by atoms with van der Waals surface area (Å²) in [5.74, 6) is 2.97. The van der Waals surface area contributed by atoms with Crippen LogP contribution < -0.4 is 0 Å². The molecular formula is C14H26O3. The summed E-state index contributed by atoms with van der Waals surface area (Å²) in [6.07, 6.45) is 6.03. The van der Waals surface area contributed by atoms with Crippen molar-refractivity contribution in [1.82, 2.24) is 0 Å². The summed E-state index contributed by atoms with van der Waals surface area (Å²) in [7, 11) is 0. The van der Waals surface area contributed by atoms with E-state index in [2.05, 4.69) is 32.1 Å². The monoisotopic (exact) mass is 242 g/mol. The first kappa shape index (κ1) is 16.0. The van der Waals surface area contributed by atoms with Crippen molar-refractivity contribution in [2.45, 2.75) is 46.5 Å². The first-order valence-electron chi connectivity index (χ1n) is 6.44. The molecule has 3 nitrogen and oxygen atoms in total. The predicted octanol–water partition coefficient (Wildman–Crippen LogP) is 4.34. The molecule has 0 aromatic heterocycles. The molecule has 0 saturated heterocycles. The standard InChI is InChI=1S/C10H20.C4H6O3/c1-8(2)10-6-4-9(3)5-7-10;1-2-3-7-4(5)6/h8-10H,4-7H2,1-3H3;2H,1,3H2,(H,5,6).